The van der Waals surface area contributed by atoms with Crippen molar-refractivity contribution in [3.63, 3.8) is 0 Å². The molecule has 2 atom stereocenters. The van der Waals surface area contributed by atoms with Gasteiger partial charge in [0, 0.05) is 25.4 Å². The van der Waals surface area contributed by atoms with E-state index in [1.807, 2.05) is 24.3 Å². The number of hydrogen-bond acceptors (Lipinski definition) is 8. The Bertz CT molecular complexity index is 1490. The molecule has 6 rings (SSSR count). The highest BCUT2D eigenvalue weighted by atomic mass is 32.3. The summed E-state index contributed by atoms with van der Waals surface area (Å²) in [5.41, 5.74) is 2.61. The van der Waals surface area contributed by atoms with Crippen LogP contribution in [0.25, 0.3) is 0 Å². The molecule has 0 radical (unpaired) electrons. The first-order valence-electron chi connectivity index (χ1n) is 11.8. The topological polar surface area (TPSA) is 138 Å². The number of amides is 3. The quantitative estimate of drug-likeness (QED) is 0.562. The van der Waals surface area contributed by atoms with Gasteiger partial charge in [0.15, 0.2) is 0 Å². The smallest absolute Gasteiger partial charge is 0.328 e. The molecular formula is C24H24N6O5S2. The van der Waals surface area contributed by atoms with Gasteiger partial charge in [0.2, 0.25) is 15.9 Å². The van der Waals surface area contributed by atoms with E-state index in [0.29, 0.717) is 31.6 Å². The Kier molecular flexibility index (Phi) is 5.68. The van der Waals surface area contributed by atoms with Crippen molar-refractivity contribution in [2.75, 3.05) is 0 Å². The number of nitrogens with zero attached hydrogens (tertiary/aromatic N) is 5. The normalized spacial score (nSPS) is 24.1. The number of aromatic nitrogens is 2. The Balaban J connectivity index is 1.32. The molecule has 1 N–H and O–H groups in total. The number of thioether (sulfide) groups is 1. The molecule has 4 heterocycles. The van der Waals surface area contributed by atoms with Crippen LogP contribution in [0.4, 0.5) is 4.79 Å². The fourth-order valence-electron chi connectivity index (χ4n) is 4.83. The molecule has 2 aromatic rings. The SMILES string of the molecule is Cn1cc(CN2C(=O)C3C=C(S(=O)(=O)NC4(C#N)CC4)SC3N(Cc3ccc4c(c3)COC4)C2=O)cn1. The van der Waals surface area contributed by atoms with Crippen LogP contribution >= 0.6 is 11.8 Å². The number of ether oxygens (including phenoxy) is 1. The van der Waals surface area contributed by atoms with Crippen LogP contribution in [0.1, 0.15) is 35.1 Å². The van der Waals surface area contributed by atoms with Crippen LogP contribution in [0.5, 0.6) is 0 Å². The third kappa shape index (κ3) is 4.33. The molecule has 37 heavy (non-hydrogen) atoms. The summed E-state index contributed by atoms with van der Waals surface area (Å²) in [6.45, 7) is 1.28. The van der Waals surface area contributed by atoms with Gasteiger partial charge in [-0.2, -0.15) is 15.1 Å². The van der Waals surface area contributed by atoms with E-state index >= 15 is 0 Å². The lowest BCUT2D eigenvalue weighted by molar-refractivity contribution is -0.135. The minimum absolute atomic E-state index is 0.0274. The maximum atomic E-state index is 13.7. The number of benzene rings is 1. The third-order valence-electron chi connectivity index (χ3n) is 6.99. The number of rotatable bonds is 7. The zero-order valence-corrected chi connectivity index (χ0v) is 21.6. The lowest BCUT2D eigenvalue weighted by atomic mass is 10.0. The van der Waals surface area contributed by atoms with Gasteiger partial charge >= 0.3 is 6.03 Å². The van der Waals surface area contributed by atoms with E-state index in [1.165, 1.54) is 6.08 Å². The molecule has 3 aliphatic heterocycles. The predicted molar refractivity (Wildman–Crippen MR) is 132 cm³/mol. The number of nitriles is 1. The Morgan fingerprint density at radius 2 is 2.00 bits per heavy atom. The van der Waals surface area contributed by atoms with E-state index in [2.05, 4.69) is 9.82 Å². The molecule has 4 aliphatic rings. The molecular weight excluding hydrogens is 516 g/mol. The van der Waals surface area contributed by atoms with E-state index < -0.39 is 38.8 Å². The molecule has 1 saturated carbocycles. The summed E-state index contributed by atoms with van der Waals surface area (Å²) in [7, 11) is -2.28. The highest BCUT2D eigenvalue weighted by molar-refractivity contribution is 8.18. The number of aryl methyl sites for hydroxylation is 1. The Labute approximate surface area is 218 Å². The first-order valence-corrected chi connectivity index (χ1v) is 14.2. The highest BCUT2D eigenvalue weighted by Crippen LogP contribution is 2.46. The number of carbonyl (C=O) groups is 2. The molecule has 1 aromatic carbocycles. The van der Waals surface area contributed by atoms with E-state index in [0.717, 1.165) is 33.4 Å². The average Bonchev–Trinajstić information content (AvgIpc) is 3.24. The summed E-state index contributed by atoms with van der Waals surface area (Å²) in [5.74, 6) is -1.31. The van der Waals surface area contributed by atoms with Crippen molar-refractivity contribution in [3.05, 3.63) is 63.2 Å². The molecule has 1 aromatic heterocycles. The Hall–Kier alpha value is -3.18. The lowest BCUT2D eigenvalue weighted by Gasteiger charge is -2.41. The third-order valence-corrected chi connectivity index (χ3v) is 10.4. The lowest BCUT2D eigenvalue weighted by Crippen LogP contribution is -2.58. The van der Waals surface area contributed by atoms with Crippen LogP contribution in [0.3, 0.4) is 0 Å². The van der Waals surface area contributed by atoms with Gasteiger partial charge in [0.25, 0.3) is 0 Å². The molecule has 11 nitrogen and oxygen atoms in total. The van der Waals surface area contributed by atoms with E-state index in [-0.39, 0.29) is 17.3 Å². The molecule has 0 bridgehead atoms. The minimum Gasteiger partial charge on any atom is -0.372 e. The average molecular weight is 541 g/mol. The van der Waals surface area contributed by atoms with E-state index in [4.69, 9.17) is 4.74 Å². The van der Waals surface area contributed by atoms with Crippen molar-refractivity contribution in [2.45, 2.75) is 50.1 Å². The van der Waals surface area contributed by atoms with Crippen molar-refractivity contribution in [3.8, 4) is 6.07 Å². The van der Waals surface area contributed by atoms with E-state index in [9.17, 15) is 23.3 Å². The van der Waals surface area contributed by atoms with Gasteiger partial charge < -0.3 is 9.64 Å². The maximum Gasteiger partial charge on any atom is 0.328 e. The van der Waals surface area contributed by atoms with Crippen LogP contribution in [0.2, 0.25) is 0 Å². The fraction of sp³-hybridized carbons (Fsp3) is 0.417. The number of carbonyl (C=O) groups excluding carboxylic acids is 2. The maximum absolute atomic E-state index is 13.7. The zero-order valence-electron chi connectivity index (χ0n) is 20.0. The second-order valence-corrected chi connectivity index (χ2v) is 12.8. The monoisotopic (exact) mass is 540 g/mol. The van der Waals surface area contributed by atoms with Gasteiger partial charge in [-0.15, -0.1) is 0 Å². The molecule has 1 aliphatic carbocycles. The number of fused-ring (bicyclic) bond motifs is 2. The number of hydrogen-bond donors (Lipinski definition) is 1. The first-order chi connectivity index (χ1) is 17.7. The Morgan fingerprint density at radius 1 is 1.22 bits per heavy atom. The summed E-state index contributed by atoms with van der Waals surface area (Å²) in [6.07, 6.45) is 5.62. The van der Waals surface area contributed by atoms with E-state index in [1.54, 1.807) is 29.0 Å². The van der Waals surface area contributed by atoms with Gasteiger partial charge in [-0.3, -0.25) is 14.4 Å². The summed E-state index contributed by atoms with van der Waals surface area (Å²) < 4.78 is 35.8. The summed E-state index contributed by atoms with van der Waals surface area (Å²) in [4.78, 5) is 29.9. The number of sulfonamides is 1. The predicted octanol–water partition coefficient (Wildman–Crippen LogP) is 1.92. The zero-order chi connectivity index (χ0) is 25.9. The van der Waals surface area contributed by atoms with Gasteiger partial charge in [0.1, 0.15) is 15.1 Å². The van der Waals surface area contributed by atoms with Crippen molar-refractivity contribution in [2.24, 2.45) is 13.0 Å². The Morgan fingerprint density at radius 3 is 2.70 bits per heavy atom. The van der Waals surface area contributed by atoms with Crippen LogP contribution in [-0.4, -0.2) is 50.8 Å². The fourth-order valence-corrected chi connectivity index (χ4v) is 8.05. The van der Waals surface area contributed by atoms with Crippen molar-refractivity contribution in [1.82, 2.24) is 24.3 Å². The summed E-state index contributed by atoms with van der Waals surface area (Å²) in [6, 6.07) is 7.42. The second kappa shape index (κ2) is 8.70. The summed E-state index contributed by atoms with van der Waals surface area (Å²) in [5, 5.41) is 12.8. The second-order valence-electron chi connectivity index (χ2n) is 9.77. The van der Waals surface area contributed by atoms with Crippen molar-refractivity contribution < 1.29 is 22.7 Å². The van der Waals surface area contributed by atoms with Gasteiger partial charge in [-0.1, -0.05) is 30.0 Å². The molecule has 1 saturated heterocycles. The van der Waals surface area contributed by atoms with Gasteiger partial charge in [-0.25, -0.2) is 13.2 Å². The number of imide groups is 1. The van der Waals surface area contributed by atoms with Crippen LogP contribution in [0, 0.1) is 17.2 Å². The number of nitrogens with one attached hydrogen (secondary N) is 1. The first kappa shape index (κ1) is 24.2. The van der Waals surface area contributed by atoms with Crippen LogP contribution < -0.4 is 4.72 Å². The molecule has 192 valence electrons. The molecule has 3 amide bonds. The van der Waals surface area contributed by atoms with Crippen molar-refractivity contribution in [1.29, 1.82) is 5.26 Å². The van der Waals surface area contributed by atoms with Gasteiger partial charge in [0.05, 0.1) is 37.9 Å². The molecule has 13 heteroatoms. The molecule has 2 fully saturated rings. The minimum atomic E-state index is -4.03. The summed E-state index contributed by atoms with van der Waals surface area (Å²) >= 11 is 0.971. The van der Waals surface area contributed by atoms with Crippen LogP contribution in [0.15, 0.2) is 40.9 Å². The standard InChI is InChI=1S/C24H24N6O5S2/c1-28-9-16(8-26-28)11-29-21(31)19-7-20(37(33,34)27-24(14-25)4-5-24)36-22(19)30(23(29)32)10-15-2-3-17-12-35-13-18(17)6-15/h2-3,6-9,19,22,27H,4-5,10-13H2,1H3. The molecule has 2 unspecified atom stereocenters. The van der Waals surface area contributed by atoms with Crippen LogP contribution in [-0.2, 0) is 52.9 Å². The number of urea groups is 1. The largest absolute Gasteiger partial charge is 0.372 e. The highest BCUT2D eigenvalue weighted by Gasteiger charge is 2.53. The van der Waals surface area contributed by atoms with Crippen molar-refractivity contribution >= 4 is 33.7 Å². The molecule has 0 spiro atoms. The van der Waals surface area contributed by atoms with Gasteiger partial charge in [-0.05, 0) is 35.6 Å².